The minimum Gasteiger partial charge on any atom is -0.298 e. The average Bonchev–Trinajstić information content (AvgIpc) is 2.71. The Morgan fingerprint density at radius 1 is 1.33 bits per heavy atom. The van der Waals surface area contributed by atoms with Gasteiger partial charge in [-0.25, -0.2) is 9.89 Å². The van der Waals surface area contributed by atoms with Gasteiger partial charge in [0, 0.05) is 16.5 Å². The molecule has 0 saturated carbocycles. The largest absolute Gasteiger partial charge is 0.344 e. The van der Waals surface area contributed by atoms with E-state index in [4.69, 9.17) is 0 Å². The summed E-state index contributed by atoms with van der Waals surface area (Å²) < 4.78 is 1.60. The van der Waals surface area contributed by atoms with Crippen molar-refractivity contribution in [3.63, 3.8) is 0 Å². The maximum Gasteiger partial charge on any atom is 0.344 e. The van der Waals surface area contributed by atoms with E-state index < -0.39 is 0 Å². The molecule has 0 bridgehead atoms. The van der Waals surface area contributed by atoms with Crippen LogP contribution < -0.4 is 5.69 Å². The second kappa shape index (κ2) is 5.22. The first-order valence-electron chi connectivity index (χ1n) is 5.52. The molecule has 0 aliphatic carbocycles. The van der Waals surface area contributed by atoms with Gasteiger partial charge in [-0.05, 0) is 37.7 Å². The second-order valence-corrected chi connectivity index (χ2v) is 5.10. The maximum absolute atomic E-state index is 11.6. The highest BCUT2D eigenvalue weighted by molar-refractivity contribution is 7.99. The van der Waals surface area contributed by atoms with Crippen molar-refractivity contribution in [2.75, 3.05) is 0 Å². The molecule has 1 aromatic heterocycles. The molecule has 0 unspecified atom stereocenters. The van der Waals surface area contributed by atoms with Crippen molar-refractivity contribution in [1.29, 1.82) is 0 Å². The minimum absolute atomic E-state index is 0.0491. The number of benzene rings is 1. The molecule has 1 heterocycles. The Bertz CT molecular complexity index is 599. The van der Waals surface area contributed by atoms with Gasteiger partial charge in [0.25, 0.3) is 0 Å². The molecule has 1 aromatic carbocycles. The summed E-state index contributed by atoms with van der Waals surface area (Å²) >= 11 is 1.39. The third-order valence-electron chi connectivity index (χ3n) is 2.41. The molecule has 18 heavy (non-hydrogen) atoms. The van der Waals surface area contributed by atoms with Crippen LogP contribution in [0.1, 0.15) is 30.2 Å². The lowest BCUT2D eigenvalue weighted by Crippen LogP contribution is -2.19. The van der Waals surface area contributed by atoms with Crippen LogP contribution in [-0.2, 0) is 0 Å². The molecule has 0 saturated heterocycles. The molecule has 6 heteroatoms. The fourth-order valence-corrected chi connectivity index (χ4v) is 2.50. The van der Waals surface area contributed by atoms with Gasteiger partial charge in [-0.3, -0.25) is 9.36 Å². The predicted molar refractivity (Wildman–Crippen MR) is 69.2 cm³/mol. The van der Waals surface area contributed by atoms with Crippen molar-refractivity contribution in [3.05, 3.63) is 40.3 Å². The van der Waals surface area contributed by atoms with Crippen LogP contribution in [0.3, 0.4) is 0 Å². The summed E-state index contributed by atoms with van der Waals surface area (Å²) in [5.74, 6) is 0. The SMILES string of the molecule is CC(C)n1c(Sc2ccc(C=O)cc2)n[nH]c1=O. The molecular formula is C12H13N3O2S. The number of H-pyrrole nitrogens is 1. The molecular weight excluding hydrogens is 250 g/mol. The van der Waals surface area contributed by atoms with Crippen molar-refractivity contribution in [1.82, 2.24) is 14.8 Å². The highest BCUT2D eigenvalue weighted by Crippen LogP contribution is 2.26. The summed E-state index contributed by atoms with van der Waals surface area (Å²) in [4.78, 5) is 23.0. The van der Waals surface area contributed by atoms with E-state index in [1.807, 2.05) is 26.0 Å². The fourth-order valence-electron chi connectivity index (χ4n) is 1.54. The zero-order valence-corrected chi connectivity index (χ0v) is 10.9. The molecule has 0 aliphatic heterocycles. The Labute approximate surface area is 108 Å². The zero-order chi connectivity index (χ0) is 13.1. The summed E-state index contributed by atoms with van der Waals surface area (Å²) in [7, 11) is 0. The van der Waals surface area contributed by atoms with Gasteiger partial charge in [0.1, 0.15) is 6.29 Å². The first-order valence-corrected chi connectivity index (χ1v) is 6.33. The molecule has 94 valence electrons. The highest BCUT2D eigenvalue weighted by atomic mass is 32.2. The summed E-state index contributed by atoms with van der Waals surface area (Å²) in [6, 6.07) is 7.18. The number of carbonyl (C=O) groups excluding carboxylic acids is 1. The monoisotopic (exact) mass is 263 g/mol. The van der Waals surface area contributed by atoms with Crippen molar-refractivity contribution >= 4 is 18.0 Å². The number of carbonyl (C=O) groups is 1. The number of aldehydes is 1. The van der Waals surface area contributed by atoms with Crippen LogP contribution >= 0.6 is 11.8 Å². The first kappa shape index (κ1) is 12.6. The highest BCUT2D eigenvalue weighted by Gasteiger charge is 2.12. The average molecular weight is 263 g/mol. The molecule has 0 fully saturated rings. The van der Waals surface area contributed by atoms with Crippen molar-refractivity contribution < 1.29 is 4.79 Å². The Kier molecular flexibility index (Phi) is 3.66. The van der Waals surface area contributed by atoms with E-state index in [1.165, 1.54) is 11.8 Å². The van der Waals surface area contributed by atoms with Crippen molar-refractivity contribution in [2.24, 2.45) is 0 Å². The van der Waals surface area contributed by atoms with Gasteiger partial charge in [-0.1, -0.05) is 12.1 Å². The molecule has 0 aliphatic rings. The predicted octanol–water partition coefficient (Wildman–Crippen LogP) is 2.12. The van der Waals surface area contributed by atoms with Crippen LogP contribution in [0.4, 0.5) is 0 Å². The maximum atomic E-state index is 11.6. The van der Waals surface area contributed by atoms with Gasteiger partial charge in [0.05, 0.1) is 0 Å². The van der Waals surface area contributed by atoms with E-state index >= 15 is 0 Å². The Balaban J connectivity index is 2.28. The molecule has 0 atom stereocenters. The van der Waals surface area contributed by atoms with Crippen LogP contribution in [0.2, 0.25) is 0 Å². The van der Waals surface area contributed by atoms with E-state index in [0.717, 1.165) is 11.2 Å². The summed E-state index contributed by atoms with van der Waals surface area (Å²) in [5.41, 5.74) is 0.416. The van der Waals surface area contributed by atoms with Gasteiger partial charge in [-0.2, -0.15) is 0 Å². The van der Waals surface area contributed by atoms with Crippen molar-refractivity contribution in [2.45, 2.75) is 29.9 Å². The zero-order valence-electron chi connectivity index (χ0n) is 10.1. The normalized spacial score (nSPS) is 10.8. The van der Waals surface area contributed by atoms with Crippen LogP contribution in [0.5, 0.6) is 0 Å². The van der Waals surface area contributed by atoms with Gasteiger partial charge in [0.15, 0.2) is 5.16 Å². The van der Waals surface area contributed by atoms with Crippen molar-refractivity contribution in [3.8, 4) is 0 Å². The molecule has 0 amide bonds. The van der Waals surface area contributed by atoms with E-state index in [1.54, 1.807) is 16.7 Å². The van der Waals surface area contributed by atoms with Gasteiger partial charge in [0.2, 0.25) is 0 Å². The number of rotatable bonds is 4. The summed E-state index contributed by atoms with van der Waals surface area (Å²) in [6.45, 7) is 3.85. The summed E-state index contributed by atoms with van der Waals surface area (Å²) in [5, 5.41) is 7.05. The van der Waals surface area contributed by atoms with E-state index in [9.17, 15) is 9.59 Å². The number of nitrogens with zero attached hydrogens (tertiary/aromatic N) is 2. The Morgan fingerprint density at radius 3 is 2.56 bits per heavy atom. The lowest BCUT2D eigenvalue weighted by Gasteiger charge is -2.08. The Morgan fingerprint density at radius 2 is 2.00 bits per heavy atom. The third-order valence-corrected chi connectivity index (χ3v) is 3.39. The van der Waals surface area contributed by atoms with E-state index in [2.05, 4.69) is 10.2 Å². The first-order chi connectivity index (χ1) is 8.61. The smallest absolute Gasteiger partial charge is 0.298 e. The molecule has 5 nitrogen and oxygen atoms in total. The molecule has 0 spiro atoms. The number of aromatic nitrogens is 3. The molecule has 2 aromatic rings. The number of aromatic amines is 1. The van der Waals surface area contributed by atoms with Crippen LogP contribution in [0, 0.1) is 0 Å². The van der Waals surface area contributed by atoms with E-state index in [-0.39, 0.29) is 11.7 Å². The molecule has 1 N–H and O–H groups in total. The molecule has 0 radical (unpaired) electrons. The number of hydrogen-bond acceptors (Lipinski definition) is 4. The lowest BCUT2D eigenvalue weighted by molar-refractivity contribution is 0.112. The second-order valence-electron chi connectivity index (χ2n) is 4.06. The number of nitrogens with one attached hydrogen (secondary N) is 1. The third kappa shape index (κ3) is 2.53. The van der Waals surface area contributed by atoms with Gasteiger partial charge >= 0.3 is 5.69 Å². The standard InChI is InChI=1S/C12H13N3O2S/c1-8(2)15-11(17)13-14-12(15)18-10-5-3-9(7-16)4-6-10/h3-8H,1-2H3,(H,13,17). The fraction of sp³-hybridized carbons (Fsp3) is 0.250. The van der Waals surface area contributed by atoms with Crippen LogP contribution in [0.15, 0.2) is 39.1 Å². The van der Waals surface area contributed by atoms with E-state index in [0.29, 0.717) is 10.7 Å². The number of hydrogen-bond donors (Lipinski definition) is 1. The van der Waals surface area contributed by atoms with Crippen LogP contribution in [-0.4, -0.2) is 21.1 Å². The quantitative estimate of drug-likeness (QED) is 0.858. The summed E-state index contributed by atoms with van der Waals surface area (Å²) in [6.07, 6.45) is 0.799. The van der Waals surface area contributed by atoms with Crippen LogP contribution in [0.25, 0.3) is 0 Å². The van der Waals surface area contributed by atoms with Gasteiger partial charge in [-0.15, -0.1) is 5.10 Å². The lowest BCUT2D eigenvalue weighted by atomic mass is 10.2. The minimum atomic E-state index is -0.211. The Hall–Kier alpha value is -1.82. The topological polar surface area (TPSA) is 67.8 Å². The van der Waals surface area contributed by atoms with Gasteiger partial charge < -0.3 is 0 Å². The molecule has 2 rings (SSSR count).